The molecule has 8 heteroatoms. The summed E-state index contributed by atoms with van der Waals surface area (Å²) in [5, 5.41) is 22.2. The summed E-state index contributed by atoms with van der Waals surface area (Å²) in [5.41, 5.74) is -0.978. The molecule has 0 bridgehead atoms. The molecule has 0 atom stereocenters. The number of phenols is 1. The first kappa shape index (κ1) is 21.9. The average Bonchev–Trinajstić information content (AvgIpc) is 2.63. The van der Waals surface area contributed by atoms with Crippen LogP contribution in [0.4, 0.5) is 0 Å². The van der Waals surface area contributed by atoms with Gasteiger partial charge in [-0.15, -0.1) is 0 Å². The highest BCUT2D eigenvalue weighted by molar-refractivity contribution is 6.03. The number of phenolic OH excluding ortho intramolecular Hbond substituents is 1. The highest BCUT2D eigenvalue weighted by atomic mass is 16.5. The number of aliphatic carboxylic acids is 1. The molecule has 1 amide bonds. The molecule has 8 nitrogen and oxygen atoms in total. The molecule has 1 aromatic carbocycles. The normalized spacial score (nSPS) is 19.3. The molecule has 1 heterocycles. The van der Waals surface area contributed by atoms with Gasteiger partial charge >= 0.3 is 5.97 Å². The van der Waals surface area contributed by atoms with Crippen molar-refractivity contribution in [1.29, 1.82) is 0 Å². The number of fused-ring (bicyclic) bond motifs is 1. The van der Waals surface area contributed by atoms with Gasteiger partial charge in [0.05, 0.1) is 12.8 Å². The molecule has 0 spiro atoms. The number of Topliss-reactive ketones (excluding diaryl/α,β-unsaturated/α-hetero) is 1. The lowest BCUT2D eigenvalue weighted by atomic mass is 9.71. The van der Waals surface area contributed by atoms with E-state index in [1.807, 2.05) is 0 Å². The second-order valence-electron chi connectivity index (χ2n) is 8.97. The Bertz CT molecular complexity index is 840. The minimum atomic E-state index is -0.857. The van der Waals surface area contributed by atoms with E-state index in [1.165, 1.54) is 12.1 Å². The van der Waals surface area contributed by atoms with Crippen LogP contribution in [0, 0.1) is 5.41 Å². The summed E-state index contributed by atoms with van der Waals surface area (Å²) in [4.78, 5) is 35.8. The van der Waals surface area contributed by atoms with Gasteiger partial charge in [-0.2, -0.15) is 0 Å². The Balaban J connectivity index is 1.60. The van der Waals surface area contributed by atoms with Crippen molar-refractivity contribution in [2.75, 3.05) is 13.2 Å². The molecule has 0 aromatic heterocycles. The van der Waals surface area contributed by atoms with Crippen LogP contribution >= 0.6 is 0 Å². The summed E-state index contributed by atoms with van der Waals surface area (Å²) in [6.45, 7) is 3.57. The molecule has 2 aliphatic rings. The summed E-state index contributed by atoms with van der Waals surface area (Å²) in [6.07, 6.45) is 4.76. The molecule has 0 radical (unpaired) electrons. The number of carbonyl (C=O) groups excluding carboxylic acids is 2. The first-order chi connectivity index (χ1) is 14.1. The lowest BCUT2D eigenvalue weighted by Gasteiger charge is -2.36. The van der Waals surface area contributed by atoms with Gasteiger partial charge < -0.3 is 25.0 Å². The van der Waals surface area contributed by atoms with E-state index >= 15 is 0 Å². The van der Waals surface area contributed by atoms with Crippen LogP contribution in [0.3, 0.4) is 0 Å². The molecule has 1 aromatic rings. The van der Waals surface area contributed by atoms with Crippen molar-refractivity contribution >= 4 is 17.7 Å². The predicted molar refractivity (Wildman–Crippen MR) is 108 cm³/mol. The van der Waals surface area contributed by atoms with Crippen molar-refractivity contribution in [3.63, 3.8) is 0 Å². The Morgan fingerprint density at radius 2 is 1.90 bits per heavy atom. The fourth-order valence-corrected chi connectivity index (χ4v) is 4.35. The highest BCUT2D eigenvalue weighted by Crippen LogP contribution is 2.41. The number of amides is 1. The molecule has 0 saturated heterocycles. The quantitative estimate of drug-likeness (QED) is 0.621. The number of ether oxygens (including phenoxy) is 2. The topological polar surface area (TPSA) is 122 Å². The first-order valence-corrected chi connectivity index (χ1v) is 10.3. The smallest absolute Gasteiger partial charge is 0.303 e. The Morgan fingerprint density at radius 3 is 2.57 bits per heavy atom. The minimum absolute atomic E-state index is 0.0357. The van der Waals surface area contributed by atoms with E-state index in [0.29, 0.717) is 6.54 Å². The van der Waals surface area contributed by atoms with Crippen molar-refractivity contribution in [2.24, 2.45) is 5.41 Å². The number of hydrogen-bond donors (Lipinski definition) is 3. The zero-order valence-corrected chi connectivity index (χ0v) is 17.5. The van der Waals surface area contributed by atoms with Gasteiger partial charge in [-0.05, 0) is 32.1 Å². The zero-order valence-electron chi connectivity index (χ0n) is 17.5. The lowest BCUT2D eigenvalue weighted by Crippen LogP contribution is -2.42. The lowest BCUT2D eigenvalue weighted by molar-refractivity contribution is -0.140. The van der Waals surface area contributed by atoms with Gasteiger partial charge in [0.2, 0.25) is 0 Å². The maximum absolute atomic E-state index is 12.3. The summed E-state index contributed by atoms with van der Waals surface area (Å²) < 4.78 is 11.3. The number of carboxylic acids is 1. The number of carbonyl (C=O) groups is 3. The Hall–Kier alpha value is -2.77. The van der Waals surface area contributed by atoms with Gasteiger partial charge in [0.25, 0.3) is 5.91 Å². The largest absolute Gasteiger partial charge is 0.507 e. The van der Waals surface area contributed by atoms with E-state index in [2.05, 4.69) is 5.32 Å². The van der Waals surface area contributed by atoms with Crippen LogP contribution in [-0.2, 0) is 9.59 Å². The maximum Gasteiger partial charge on any atom is 0.303 e. The average molecular weight is 419 g/mol. The van der Waals surface area contributed by atoms with Crippen molar-refractivity contribution < 1.29 is 34.1 Å². The molecule has 3 N–H and O–H groups in total. The SMILES string of the molecule is CC1(C)CC(=O)c2c(O)cc(OCC(=O)NCC3(CC(=O)O)CCCCC3)cc2O1. The van der Waals surface area contributed by atoms with Crippen LogP contribution < -0.4 is 14.8 Å². The predicted octanol–water partition coefficient (Wildman–Crippen LogP) is 3.06. The summed E-state index contributed by atoms with van der Waals surface area (Å²) >= 11 is 0. The van der Waals surface area contributed by atoms with Gasteiger partial charge in [0, 0.05) is 18.7 Å². The van der Waals surface area contributed by atoms with Gasteiger partial charge in [0.1, 0.15) is 28.4 Å². The molecule has 1 fully saturated rings. The fourth-order valence-electron chi connectivity index (χ4n) is 4.35. The fraction of sp³-hybridized carbons (Fsp3) is 0.591. The van der Waals surface area contributed by atoms with Crippen molar-refractivity contribution in [3.05, 3.63) is 17.7 Å². The van der Waals surface area contributed by atoms with E-state index < -0.39 is 17.0 Å². The van der Waals surface area contributed by atoms with Crippen LogP contribution in [-0.4, -0.2) is 46.6 Å². The Morgan fingerprint density at radius 1 is 1.20 bits per heavy atom. The third kappa shape index (κ3) is 5.23. The van der Waals surface area contributed by atoms with E-state index in [0.717, 1.165) is 32.1 Å². The second kappa shape index (κ2) is 8.53. The first-order valence-electron chi connectivity index (χ1n) is 10.3. The number of hydrogen-bond acceptors (Lipinski definition) is 6. The van der Waals surface area contributed by atoms with Crippen LogP contribution in [0.1, 0.15) is 69.2 Å². The monoisotopic (exact) mass is 419 g/mol. The number of nitrogens with one attached hydrogen (secondary N) is 1. The van der Waals surface area contributed by atoms with E-state index in [1.54, 1.807) is 13.8 Å². The molecule has 164 valence electrons. The molecule has 30 heavy (non-hydrogen) atoms. The Kier molecular flexibility index (Phi) is 6.24. The van der Waals surface area contributed by atoms with Crippen LogP contribution in [0.25, 0.3) is 0 Å². The molecule has 0 unspecified atom stereocenters. The van der Waals surface area contributed by atoms with E-state index in [9.17, 15) is 24.6 Å². The van der Waals surface area contributed by atoms with Gasteiger partial charge in [-0.25, -0.2) is 0 Å². The van der Waals surface area contributed by atoms with E-state index in [-0.39, 0.29) is 54.0 Å². The number of carboxylic acid groups (broad SMARTS) is 1. The minimum Gasteiger partial charge on any atom is -0.507 e. The highest BCUT2D eigenvalue weighted by Gasteiger charge is 2.36. The molecular weight excluding hydrogens is 390 g/mol. The van der Waals surface area contributed by atoms with Gasteiger partial charge in [0.15, 0.2) is 12.4 Å². The molecular formula is C22H29NO7. The van der Waals surface area contributed by atoms with Gasteiger partial charge in [-0.1, -0.05) is 19.3 Å². The van der Waals surface area contributed by atoms with E-state index in [4.69, 9.17) is 9.47 Å². The van der Waals surface area contributed by atoms with Crippen LogP contribution in [0.5, 0.6) is 17.2 Å². The van der Waals surface area contributed by atoms with Crippen molar-refractivity contribution in [3.8, 4) is 17.2 Å². The standard InChI is InChI=1S/C22H29NO7/c1-21(2)10-16(25)20-15(24)8-14(9-17(20)30-21)29-12-18(26)23-13-22(11-19(27)28)6-4-3-5-7-22/h8-9,24H,3-7,10-13H2,1-2H3,(H,23,26)(H,27,28). The third-order valence-corrected chi connectivity index (χ3v) is 5.78. The van der Waals surface area contributed by atoms with Crippen molar-refractivity contribution in [1.82, 2.24) is 5.32 Å². The van der Waals surface area contributed by atoms with Crippen LogP contribution in [0.2, 0.25) is 0 Å². The summed E-state index contributed by atoms with van der Waals surface area (Å²) in [5.74, 6) is -1.24. The number of benzene rings is 1. The van der Waals surface area contributed by atoms with Crippen molar-refractivity contribution in [2.45, 2.75) is 64.4 Å². The zero-order chi connectivity index (χ0) is 21.9. The van der Waals surface area contributed by atoms with Gasteiger partial charge in [-0.3, -0.25) is 14.4 Å². The molecule has 1 aliphatic heterocycles. The summed E-state index contributed by atoms with van der Waals surface area (Å²) in [7, 11) is 0. The number of aromatic hydroxyl groups is 1. The van der Waals surface area contributed by atoms with Crippen LogP contribution in [0.15, 0.2) is 12.1 Å². The number of ketones is 1. The second-order valence-corrected chi connectivity index (χ2v) is 8.97. The molecule has 3 rings (SSSR count). The molecule has 1 aliphatic carbocycles. The molecule has 1 saturated carbocycles. The Labute approximate surface area is 175 Å². The third-order valence-electron chi connectivity index (χ3n) is 5.78. The maximum atomic E-state index is 12.3. The summed E-state index contributed by atoms with van der Waals surface area (Å²) in [6, 6.07) is 2.78. The number of rotatable bonds is 7.